The monoisotopic (exact) mass is 225 g/mol. The second-order valence-electron chi connectivity index (χ2n) is 2.79. The molecule has 2 aromatic heterocycles. The highest BCUT2D eigenvalue weighted by Gasteiger charge is 2.11. The topological polar surface area (TPSA) is 104 Å². The molecule has 3 N–H and O–H groups in total. The van der Waals surface area contributed by atoms with E-state index in [4.69, 9.17) is 10.6 Å². The smallest absolute Gasteiger partial charge is 0.342 e. The summed E-state index contributed by atoms with van der Waals surface area (Å²) in [5.74, 6) is 4.09. The summed E-state index contributed by atoms with van der Waals surface area (Å²) in [5.41, 5.74) is 2.17. The molecule has 0 saturated carbocycles. The highest BCUT2D eigenvalue weighted by Crippen LogP contribution is 2.18. The fraction of sp³-hybridized carbons (Fsp3) is 0.143. The molecule has 2 rings (SSSR count). The second kappa shape index (κ2) is 4.06. The van der Waals surface area contributed by atoms with Gasteiger partial charge in [0, 0.05) is 7.05 Å². The quantitative estimate of drug-likeness (QED) is 0.551. The summed E-state index contributed by atoms with van der Waals surface area (Å²) >= 11 is 0. The van der Waals surface area contributed by atoms with Crippen molar-refractivity contribution in [3.63, 3.8) is 0 Å². The lowest BCUT2D eigenvalue weighted by molar-refractivity contribution is 0.390. The average Bonchev–Trinajstić information content (AvgIpc) is 2.67. The molecule has 2 heterocycles. The molecule has 0 aliphatic carbocycles. The molecule has 2 aromatic rings. The second-order valence-corrected chi connectivity index (χ2v) is 2.79. The van der Waals surface area contributed by atoms with Gasteiger partial charge in [-0.2, -0.15) is 14.4 Å². The summed E-state index contributed by atoms with van der Waals surface area (Å²) in [7, 11) is 1.66. The largest absolute Gasteiger partial charge is 0.401 e. The average molecular weight is 225 g/mol. The number of nitrogens with zero attached hydrogens (tertiary/aromatic N) is 5. The normalized spacial score (nSPS) is 10.2. The van der Waals surface area contributed by atoms with E-state index in [-0.39, 0.29) is 17.8 Å². The number of rotatable bonds is 3. The lowest BCUT2D eigenvalue weighted by Crippen LogP contribution is -2.11. The lowest BCUT2D eigenvalue weighted by atomic mass is 10.6. The van der Waals surface area contributed by atoms with E-state index in [1.807, 2.05) is 0 Å². The van der Waals surface area contributed by atoms with Gasteiger partial charge in [-0.3, -0.25) is 10.1 Å². The Balaban J connectivity index is 2.26. The molecule has 0 saturated heterocycles. The maximum absolute atomic E-state index is 13.2. The Morgan fingerprint density at radius 2 is 2.31 bits per heavy atom. The van der Waals surface area contributed by atoms with E-state index in [1.165, 1.54) is 11.0 Å². The van der Waals surface area contributed by atoms with Crippen molar-refractivity contribution in [1.82, 2.24) is 24.7 Å². The van der Waals surface area contributed by atoms with Crippen molar-refractivity contribution in [1.29, 1.82) is 0 Å². The Morgan fingerprint density at radius 1 is 1.50 bits per heavy atom. The summed E-state index contributed by atoms with van der Waals surface area (Å²) in [5, 5.41) is 3.81. The number of anilines is 1. The molecule has 0 radical (unpaired) electrons. The van der Waals surface area contributed by atoms with Crippen LogP contribution in [0.5, 0.6) is 11.9 Å². The first-order chi connectivity index (χ1) is 7.69. The Bertz CT molecular complexity index is 499. The van der Waals surface area contributed by atoms with Gasteiger partial charge in [0.05, 0.1) is 6.20 Å². The fourth-order valence-corrected chi connectivity index (χ4v) is 0.945. The number of hydrogen-bond acceptors (Lipinski definition) is 7. The predicted molar refractivity (Wildman–Crippen MR) is 50.9 cm³/mol. The molecular weight excluding hydrogens is 217 g/mol. The summed E-state index contributed by atoms with van der Waals surface area (Å²) in [6.07, 6.45) is 2.34. The van der Waals surface area contributed by atoms with Crippen molar-refractivity contribution in [3.8, 4) is 11.9 Å². The van der Waals surface area contributed by atoms with E-state index in [1.54, 1.807) is 7.05 Å². The first-order valence-electron chi connectivity index (χ1n) is 4.21. The Labute approximate surface area is 89.3 Å². The number of nitrogens with one attached hydrogen (secondary N) is 1. The van der Waals surface area contributed by atoms with Gasteiger partial charge in [0.1, 0.15) is 6.33 Å². The third-order valence-corrected chi connectivity index (χ3v) is 1.61. The minimum Gasteiger partial charge on any atom is -0.401 e. The van der Waals surface area contributed by atoms with Crippen molar-refractivity contribution in [2.45, 2.75) is 0 Å². The van der Waals surface area contributed by atoms with Crippen LogP contribution in [0.1, 0.15) is 0 Å². The lowest BCUT2D eigenvalue weighted by Gasteiger charge is -2.02. The van der Waals surface area contributed by atoms with Crippen LogP contribution in [0, 0.1) is 5.82 Å². The van der Waals surface area contributed by atoms with Gasteiger partial charge in [-0.1, -0.05) is 0 Å². The number of nitrogens with two attached hydrogens (primary N) is 1. The van der Waals surface area contributed by atoms with Crippen LogP contribution in [-0.2, 0) is 7.05 Å². The van der Waals surface area contributed by atoms with Gasteiger partial charge in [-0.15, -0.1) is 5.10 Å². The fourth-order valence-electron chi connectivity index (χ4n) is 0.945. The van der Waals surface area contributed by atoms with Crippen LogP contribution in [-0.4, -0.2) is 24.7 Å². The molecule has 0 bridgehead atoms. The van der Waals surface area contributed by atoms with Crippen LogP contribution >= 0.6 is 0 Å². The standard InChI is InChI=1S/C7H8FN7O/c1-15-3-11-7(14-15)16-5-4(8)2-10-6(12-5)13-9/h2-3H,9H2,1H3,(H,10,12,13). The van der Waals surface area contributed by atoms with Gasteiger partial charge in [-0.05, 0) is 0 Å². The molecule has 0 unspecified atom stereocenters. The van der Waals surface area contributed by atoms with E-state index < -0.39 is 5.82 Å². The molecule has 8 nitrogen and oxygen atoms in total. The molecule has 0 aromatic carbocycles. The van der Waals surface area contributed by atoms with Crippen molar-refractivity contribution in [3.05, 3.63) is 18.3 Å². The number of aromatic nitrogens is 5. The van der Waals surface area contributed by atoms with Crippen LogP contribution in [0.15, 0.2) is 12.5 Å². The Hall–Kier alpha value is -2.29. The van der Waals surface area contributed by atoms with Gasteiger partial charge in [-0.25, -0.2) is 10.8 Å². The molecule has 0 amide bonds. The van der Waals surface area contributed by atoms with Gasteiger partial charge in [0.2, 0.25) is 11.8 Å². The third-order valence-electron chi connectivity index (χ3n) is 1.61. The Morgan fingerprint density at radius 3 is 2.94 bits per heavy atom. The number of halogens is 1. The minimum absolute atomic E-state index is 0.0110. The zero-order valence-corrected chi connectivity index (χ0v) is 8.25. The molecule has 16 heavy (non-hydrogen) atoms. The highest BCUT2D eigenvalue weighted by atomic mass is 19.1. The first kappa shape index (κ1) is 10.2. The van der Waals surface area contributed by atoms with E-state index >= 15 is 0 Å². The van der Waals surface area contributed by atoms with Crippen LogP contribution in [0.25, 0.3) is 0 Å². The van der Waals surface area contributed by atoms with Crippen LogP contribution in [0.3, 0.4) is 0 Å². The van der Waals surface area contributed by atoms with Crippen LogP contribution in [0.2, 0.25) is 0 Å². The molecule has 0 spiro atoms. The molecule has 9 heteroatoms. The van der Waals surface area contributed by atoms with Crippen molar-refractivity contribution >= 4 is 5.95 Å². The van der Waals surface area contributed by atoms with Crippen molar-refractivity contribution < 1.29 is 9.13 Å². The van der Waals surface area contributed by atoms with E-state index in [9.17, 15) is 4.39 Å². The minimum atomic E-state index is -0.730. The van der Waals surface area contributed by atoms with Gasteiger partial charge in [0.25, 0.3) is 5.88 Å². The van der Waals surface area contributed by atoms with Crippen LogP contribution in [0.4, 0.5) is 10.3 Å². The summed E-state index contributed by atoms with van der Waals surface area (Å²) in [6, 6.07) is -0.0110. The number of aryl methyl sites for hydroxylation is 1. The molecule has 84 valence electrons. The zero-order chi connectivity index (χ0) is 11.5. The number of ether oxygens (including phenoxy) is 1. The summed E-state index contributed by atoms with van der Waals surface area (Å²) in [6.45, 7) is 0. The van der Waals surface area contributed by atoms with Crippen LogP contribution < -0.4 is 16.0 Å². The van der Waals surface area contributed by atoms with E-state index in [2.05, 4.69) is 25.5 Å². The SMILES string of the molecule is Cn1cnc(Oc2nc(NN)ncc2F)n1. The number of hydrogen-bond donors (Lipinski definition) is 2. The highest BCUT2D eigenvalue weighted by molar-refractivity contribution is 5.27. The molecule has 0 fully saturated rings. The summed E-state index contributed by atoms with van der Waals surface area (Å²) in [4.78, 5) is 11.0. The van der Waals surface area contributed by atoms with Gasteiger partial charge in [0.15, 0.2) is 0 Å². The predicted octanol–water partition coefficient (Wildman–Crippen LogP) is -0.178. The molecule has 0 aliphatic rings. The van der Waals surface area contributed by atoms with Crippen molar-refractivity contribution in [2.24, 2.45) is 12.9 Å². The maximum Gasteiger partial charge on any atom is 0.342 e. The first-order valence-corrected chi connectivity index (χ1v) is 4.21. The number of hydrazine groups is 1. The zero-order valence-electron chi connectivity index (χ0n) is 8.25. The molecular formula is C7H8FN7O. The maximum atomic E-state index is 13.2. The third kappa shape index (κ3) is 2.03. The van der Waals surface area contributed by atoms with Gasteiger partial charge >= 0.3 is 6.01 Å². The Kier molecular flexibility index (Phi) is 2.60. The number of nitrogen functional groups attached to an aromatic ring is 1. The summed E-state index contributed by atoms with van der Waals surface area (Å²) < 4.78 is 19.6. The van der Waals surface area contributed by atoms with Gasteiger partial charge < -0.3 is 4.74 Å². The molecule has 0 aliphatic heterocycles. The van der Waals surface area contributed by atoms with E-state index in [0.29, 0.717) is 0 Å². The van der Waals surface area contributed by atoms with E-state index in [0.717, 1.165) is 6.20 Å². The molecule has 0 atom stereocenters. The van der Waals surface area contributed by atoms with Crippen molar-refractivity contribution in [2.75, 3.05) is 5.43 Å².